The van der Waals surface area contributed by atoms with Crippen molar-refractivity contribution in [1.82, 2.24) is 10.6 Å². The van der Waals surface area contributed by atoms with Gasteiger partial charge in [0, 0.05) is 24.3 Å². The molecular formula is C23H37N3O3. The van der Waals surface area contributed by atoms with Crippen LogP contribution >= 0.6 is 0 Å². The Morgan fingerprint density at radius 1 is 1.14 bits per heavy atom. The fraction of sp³-hybridized carbons (Fsp3) is 0.870. The molecule has 0 aromatic carbocycles. The standard InChI is InChI=1S/C23H37N3O3/c1-22-9-7-16(26-29-12-4-11-24-3)13-15(22)14-20(28)25-21-17-5-6-19(27)23(17,2)10-8-18(21)22/h15,17-18,21,24H,4-14H2,1-3H3,(H,25,28)/b26-16-/t15?,17-,18-,21-,22-,23-/m0/s1. The van der Waals surface area contributed by atoms with E-state index in [1.165, 1.54) is 0 Å². The predicted octanol–water partition coefficient (Wildman–Crippen LogP) is 3.06. The van der Waals surface area contributed by atoms with Gasteiger partial charge in [-0.1, -0.05) is 19.0 Å². The lowest BCUT2D eigenvalue weighted by molar-refractivity contribution is -0.131. The maximum atomic E-state index is 12.9. The number of oxime groups is 1. The molecule has 4 fully saturated rings. The zero-order chi connectivity index (χ0) is 20.6. The van der Waals surface area contributed by atoms with Crippen LogP contribution in [0.25, 0.3) is 0 Å². The Labute approximate surface area is 174 Å². The van der Waals surface area contributed by atoms with Gasteiger partial charge in [0.15, 0.2) is 0 Å². The molecule has 1 heterocycles. The molecule has 0 aromatic rings. The summed E-state index contributed by atoms with van der Waals surface area (Å²) >= 11 is 0. The first-order chi connectivity index (χ1) is 13.9. The molecule has 0 spiro atoms. The summed E-state index contributed by atoms with van der Waals surface area (Å²) < 4.78 is 0. The molecule has 0 radical (unpaired) electrons. The summed E-state index contributed by atoms with van der Waals surface area (Å²) in [5.41, 5.74) is 1.01. The van der Waals surface area contributed by atoms with Crippen molar-refractivity contribution >= 4 is 17.4 Å². The van der Waals surface area contributed by atoms with Crippen molar-refractivity contribution in [2.45, 2.75) is 77.7 Å². The van der Waals surface area contributed by atoms with Gasteiger partial charge in [0.05, 0.1) is 5.71 Å². The Balaban J connectivity index is 1.51. The third-order valence-corrected chi connectivity index (χ3v) is 8.81. The van der Waals surface area contributed by atoms with E-state index in [1.807, 2.05) is 7.05 Å². The van der Waals surface area contributed by atoms with E-state index in [1.54, 1.807) is 0 Å². The molecule has 29 heavy (non-hydrogen) atoms. The number of amides is 1. The highest BCUT2D eigenvalue weighted by atomic mass is 16.6. The smallest absolute Gasteiger partial charge is 0.220 e. The van der Waals surface area contributed by atoms with Crippen molar-refractivity contribution in [3.05, 3.63) is 0 Å². The van der Waals surface area contributed by atoms with Gasteiger partial charge in [0.2, 0.25) is 5.91 Å². The van der Waals surface area contributed by atoms with Crippen LogP contribution in [-0.4, -0.2) is 43.6 Å². The molecule has 3 aliphatic carbocycles. The number of ketones is 1. The first-order valence-electron chi connectivity index (χ1n) is 11.5. The normalized spacial score (nSPS) is 43.2. The minimum absolute atomic E-state index is 0.127. The molecular weight excluding hydrogens is 366 g/mol. The Morgan fingerprint density at radius 3 is 2.76 bits per heavy atom. The first-order valence-corrected chi connectivity index (χ1v) is 11.5. The number of hydrogen-bond acceptors (Lipinski definition) is 5. The molecule has 6 heteroatoms. The van der Waals surface area contributed by atoms with Gasteiger partial charge in [0.1, 0.15) is 12.4 Å². The van der Waals surface area contributed by atoms with Crippen molar-refractivity contribution in [1.29, 1.82) is 0 Å². The minimum atomic E-state index is -0.229. The zero-order valence-corrected chi connectivity index (χ0v) is 18.3. The number of rotatable bonds is 5. The lowest BCUT2D eigenvalue weighted by atomic mass is 9.52. The van der Waals surface area contributed by atoms with Crippen LogP contribution in [0.2, 0.25) is 0 Å². The van der Waals surface area contributed by atoms with Gasteiger partial charge in [-0.2, -0.15) is 0 Å². The Morgan fingerprint density at radius 2 is 1.97 bits per heavy atom. The molecule has 0 bridgehead atoms. The summed E-state index contributed by atoms with van der Waals surface area (Å²) in [5, 5.41) is 10.9. The Hall–Kier alpha value is -1.43. The third kappa shape index (κ3) is 3.62. The first kappa shape index (κ1) is 20.8. The van der Waals surface area contributed by atoms with Gasteiger partial charge >= 0.3 is 0 Å². The van der Waals surface area contributed by atoms with E-state index in [0.29, 0.717) is 43.0 Å². The molecule has 4 rings (SSSR count). The maximum Gasteiger partial charge on any atom is 0.220 e. The van der Waals surface area contributed by atoms with Crippen LogP contribution in [-0.2, 0) is 14.4 Å². The summed E-state index contributed by atoms with van der Waals surface area (Å²) in [7, 11) is 1.94. The highest BCUT2D eigenvalue weighted by Gasteiger charge is 2.60. The van der Waals surface area contributed by atoms with Crippen LogP contribution < -0.4 is 10.6 Å². The fourth-order valence-electron chi connectivity index (χ4n) is 6.89. The summed E-state index contributed by atoms with van der Waals surface area (Å²) in [4.78, 5) is 31.0. The third-order valence-electron chi connectivity index (χ3n) is 8.81. The zero-order valence-electron chi connectivity index (χ0n) is 18.3. The molecule has 1 saturated heterocycles. The van der Waals surface area contributed by atoms with E-state index in [0.717, 1.165) is 57.2 Å². The second-order valence-corrected chi connectivity index (χ2v) is 10.3. The second kappa shape index (κ2) is 8.01. The molecule has 162 valence electrons. The highest BCUT2D eigenvalue weighted by molar-refractivity contribution is 5.88. The summed E-state index contributed by atoms with van der Waals surface area (Å²) in [6, 6.07) is 0.152. The number of hydrogen-bond donors (Lipinski definition) is 2. The topological polar surface area (TPSA) is 79.8 Å². The van der Waals surface area contributed by atoms with E-state index in [4.69, 9.17) is 4.84 Å². The van der Waals surface area contributed by atoms with Gasteiger partial charge < -0.3 is 15.5 Å². The van der Waals surface area contributed by atoms with Crippen molar-refractivity contribution in [3.63, 3.8) is 0 Å². The molecule has 4 aliphatic rings. The SMILES string of the molecule is CNCCCO/N=C1/CC[C@@]2(C)C(CC(=O)N[C@@H]3[C@@H]2CC[C@]2(C)C(=O)CC[C@@H]32)C1. The summed E-state index contributed by atoms with van der Waals surface area (Å²) in [6.45, 7) is 6.11. The van der Waals surface area contributed by atoms with Gasteiger partial charge in [-0.05, 0) is 81.7 Å². The molecule has 6 nitrogen and oxygen atoms in total. The molecule has 6 atom stereocenters. The monoisotopic (exact) mass is 403 g/mol. The largest absolute Gasteiger partial charge is 0.396 e. The maximum absolute atomic E-state index is 12.9. The number of nitrogens with one attached hydrogen (secondary N) is 2. The molecule has 1 amide bonds. The van der Waals surface area contributed by atoms with Gasteiger partial charge in [-0.15, -0.1) is 0 Å². The van der Waals surface area contributed by atoms with E-state index < -0.39 is 0 Å². The van der Waals surface area contributed by atoms with Crippen LogP contribution in [0.15, 0.2) is 5.16 Å². The quantitative estimate of drug-likeness (QED) is 0.546. The van der Waals surface area contributed by atoms with Crippen LogP contribution in [0, 0.1) is 28.6 Å². The number of nitrogens with zero attached hydrogens (tertiary/aromatic N) is 1. The molecule has 1 aliphatic heterocycles. The van der Waals surface area contributed by atoms with E-state index in [2.05, 4.69) is 29.6 Å². The van der Waals surface area contributed by atoms with Gasteiger partial charge in [-0.3, -0.25) is 9.59 Å². The Bertz CT molecular complexity index is 693. The molecule has 1 unspecified atom stereocenters. The average molecular weight is 404 g/mol. The van der Waals surface area contributed by atoms with Crippen LogP contribution in [0.5, 0.6) is 0 Å². The lowest BCUT2D eigenvalue weighted by Crippen LogP contribution is -2.56. The minimum Gasteiger partial charge on any atom is -0.396 e. The summed E-state index contributed by atoms with van der Waals surface area (Å²) in [6.07, 6.45) is 8.03. The number of carbonyl (C=O) groups excluding carboxylic acids is 2. The number of fused-ring (bicyclic) bond motifs is 5. The van der Waals surface area contributed by atoms with Crippen LogP contribution in [0.1, 0.15) is 71.6 Å². The molecule has 0 aromatic heterocycles. The highest BCUT2D eigenvalue weighted by Crippen LogP contribution is 2.60. The Kier molecular flexibility index (Phi) is 5.75. The number of carbonyl (C=O) groups is 2. The van der Waals surface area contributed by atoms with Crippen molar-refractivity contribution < 1.29 is 14.4 Å². The predicted molar refractivity (Wildman–Crippen MR) is 112 cm³/mol. The van der Waals surface area contributed by atoms with E-state index >= 15 is 0 Å². The van der Waals surface area contributed by atoms with Crippen LogP contribution in [0.4, 0.5) is 0 Å². The van der Waals surface area contributed by atoms with E-state index in [-0.39, 0.29) is 22.8 Å². The lowest BCUT2D eigenvalue weighted by Gasteiger charge is -2.53. The molecule has 2 N–H and O–H groups in total. The van der Waals surface area contributed by atoms with Gasteiger partial charge in [-0.25, -0.2) is 0 Å². The summed E-state index contributed by atoms with van der Waals surface area (Å²) in [5.74, 6) is 1.65. The van der Waals surface area contributed by atoms with Crippen LogP contribution in [0.3, 0.4) is 0 Å². The van der Waals surface area contributed by atoms with E-state index in [9.17, 15) is 9.59 Å². The number of Topliss-reactive ketones (excluding diaryl/α,β-unsaturated/α-hetero) is 1. The van der Waals surface area contributed by atoms with Gasteiger partial charge in [0.25, 0.3) is 0 Å². The van der Waals surface area contributed by atoms with Crippen molar-refractivity contribution in [3.8, 4) is 0 Å². The van der Waals surface area contributed by atoms with Crippen molar-refractivity contribution in [2.24, 2.45) is 33.7 Å². The average Bonchev–Trinajstić information content (AvgIpc) is 2.93. The fourth-order valence-corrected chi connectivity index (χ4v) is 6.89. The second-order valence-electron chi connectivity index (χ2n) is 10.3. The van der Waals surface area contributed by atoms with Crippen molar-refractivity contribution in [2.75, 3.05) is 20.2 Å². The molecule has 3 saturated carbocycles.